The molecule has 2 N–H and O–H groups in total. The number of hydrogen-bond acceptors (Lipinski definition) is 4. The standard InChI is InChI=1S/C13H15Cl2N3O3/c1-2-6-3-7(8(4-6)12(20)21)11(19)17-10-5-9(14)16-13(15)18-10/h5-8H,2-4H2,1H3,(H,20,21)(H,16,17,18,19). The van der Waals surface area contributed by atoms with Gasteiger partial charge >= 0.3 is 5.97 Å². The summed E-state index contributed by atoms with van der Waals surface area (Å²) in [7, 11) is 0. The Kier molecular flexibility index (Phi) is 5.00. The SMILES string of the molecule is CCC1CC(C(=O)O)C(C(=O)Nc2cc(Cl)nc(Cl)n2)C1. The topological polar surface area (TPSA) is 92.2 Å². The van der Waals surface area contributed by atoms with Gasteiger partial charge in [0.1, 0.15) is 11.0 Å². The molecule has 1 aliphatic carbocycles. The summed E-state index contributed by atoms with van der Waals surface area (Å²) in [6.07, 6.45) is 1.94. The molecule has 0 bridgehead atoms. The van der Waals surface area contributed by atoms with Crippen molar-refractivity contribution in [3.05, 3.63) is 16.5 Å². The highest BCUT2D eigenvalue weighted by molar-refractivity contribution is 6.32. The van der Waals surface area contributed by atoms with Gasteiger partial charge in [-0.05, 0) is 30.4 Å². The molecule has 1 amide bonds. The third-order valence-electron chi connectivity index (χ3n) is 3.81. The lowest BCUT2D eigenvalue weighted by Gasteiger charge is -2.15. The number of nitrogens with zero attached hydrogens (tertiary/aromatic N) is 2. The first kappa shape index (κ1) is 16.0. The number of anilines is 1. The molecule has 8 heteroatoms. The second-order valence-electron chi connectivity index (χ2n) is 5.13. The number of carboxylic acid groups (broad SMARTS) is 1. The fraction of sp³-hybridized carbons (Fsp3) is 0.538. The number of aliphatic carboxylic acids is 1. The minimum atomic E-state index is -0.940. The van der Waals surface area contributed by atoms with E-state index in [0.717, 1.165) is 6.42 Å². The normalized spacial score (nSPS) is 24.8. The number of rotatable bonds is 4. The molecule has 0 radical (unpaired) electrons. The van der Waals surface area contributed by atoms with Crippen LogP contribution in [0.1, 0.15) is 26.2 Å². The van der Waals surface area contributed by atoms with Crippen LogP contribution in [0.25, 0.3) is 0 Å². The Morgan fingerprint density at radius 2 is 2.00 bits per heavy atom. The largest absolute Gasteiger partial charge is 0.481 e. The van der Waals surface area contributed by atoms with Crippen LogP contribution in [0, 0.1) is 17.8 Å². The van der Waals surface area contributed by atoms with Gasteiger partial charge in [0, 0.05) is 6.07 Å². The lowest BCUT2D eigenvalue weighted by atomic mass is 9.95. The van der Waals surface area contributed by atoms with Crippen molar-refractivity contribution in [1.82, 2.24) is 9.97 Å². The molecule has 1 aliphatic rings. The van der Waals surface area contributed by atoms with E-state index >= 15 is 0 Å². The molecule has 21 heavy (non-hydrogen) atoms. The van der Waals surface area contributed by atoms with E-state index in [2.05, 4.69) is 15.3 Å². The summed E-state index contributed by atoms with van der Waals surface area (Å²) in [6.45, 7) is 1.99. The Bertz CT molecular complexity index is 547. The van der Waals surface area contributed by atoms with Crippen LogP contribution in [0.5, 0.6) is 0 Å². The number of hydrogen-bond donors (Lipinski definition) is 2. The van der Waals surface area contributed by atoms with E-state index in [9.17, 15) is 14.7 Å². The Labute approximate surface area is 131 Å². The fourth-order valence-corrected chi connectivity index (χ4v) is 3.12. The highest BCUT2D eigenvalue weighted by Crippen LogP contribution is 2.39. The molecule has 114 valence electrons. The zero-order chi connectivity index (χ0) is 15.6. The zero-order valence-electron chi connectivity index (χ0n) is 11.3. The highest BCUT2D eigenvalue weighted by Gasteiger charge is 2.42. The maximum Gasteiger partial charge on any atom is 0.307 e. The summed E-state index contributed by atoms with van der Waals surface area (Å²) < 4.78 is 0. The zero-order valence-corrected chi connectivity index (χ0v) is 12.9. The second-order valence-corrected chi connectivity index (χ2v) is 5.86. The van der Waals surface area contributed by atoms with Crippen molar-refractivity contribution in [2.75, 3.05) is 5.32 Å². The predicted octanol–water partition coefficient (Wildman–Crippen LogP) is 2.86. The number of carboxylic acids is 1. The molecule has 0 aromatic carbocycles. The van der Waals surface area contributed by atoms with Crippen molar-refractivity contribution in [2.45, 2.75) is 26.2 Å². The van der Waals surface area contributed by atoms with Crippen molar-refractivity contribution in [2.24, 2.45) is 17.8 Å². The van der Waals surface area contributed by atoms with Crippen molar-refractivity contribution in [3.8, 4) is 0 Å². The third kappa shape index (κ3) is 3.83. The minimum Gasteiger partial charge on any atom is -0.481 e. The van der Waals surface area contributed by atoms with Crippen LogP contribution in [0.15, 0.2) is 6.07 Å². The molecule has 3 atom stereocenters. The third-order valence-corrected chi connectivity index (χ3v) is 4.17. The quantitative estimate of drug-likeness (QED) is 0.653. The fourth-order valence-electron chi connectivity index (χ4n) is 2.71. The van der Waals surface area contributed by atoms with E-state index in [-0.39, 0.29) is 28.1 Å². The van der Waals surface area contributed by atoms with Crippen molar-refractivity contribution in [3.63, 3.8) is 0 Å². The maximum absolute atomic E-state index is 12.3. The van der Waals surface area contributed by atoms with Crippen LogP contribution >= 0.6 is 23.2 Å². The van der Waals surface area contributed by atoms with Gasteiger partial charge in [-0.3, -0.25) is 9.59 Å². The molecular formula is C13H15Cl2N3O3. The van der Waals surface area contributed by atoms with E-state index in [0.29, 0.717) is 12.8 Å². The first-order chi connectivity index (χ1) is 9.90. The van der Waals surface area contributed by atoms with Crippen LogP contribution in [-0.4, -0.2) is 27.0 Å². The van der Waals surface area contributed by atoms with Gasteiger partial charge in [0.15, 0.2) is 0 Å². The second kappa shape index (κ2) is 6.58. The average molecular weight is 332 g/mol. The molecular weight excluding hydrogens is 317 g/mol. The number of amides is 1. The van der Waals surface area contributed by atoms with Crippen LogP contribution in [0.2, 0.25) is 10.4 Å². The highest BCUT2D eigenvalue weighted by atomic mass is 35.5. The van der Waals surface area contributed by atoms with Gasteiger partial charge in [0.05, 0.1) is 11.8 Å². The van der Waals surface area contributed by atoms with Gasteiger partial charge in [0.2, 0.25) is 11.2 Å². The molecule has 2 rings (SSSR count). The summed E-state index contributed by atoms with van der Waals surface area (Å²) >= 11 is 11.4. The summed E-state index contributed by atoms with van der Waals surface area (Å²) in [6, 6.07) is 1.37. The molecule has 1 saturated carbocycles. The van der Waals surface area contributed by atoms with Gasteiger partial charge in [-0.15, -0.1) is 0 Å². The van der Waals surface area contributed by atoms with Gasteiger partial charge in [-0.1, -0.05) is 24.9 Å². The number of halogens is 2. The molecule has 1 aromatic heterocycles. The number of aromatic nitrogens is 2. The lowest BCUT2D eigenvalue weighted by Crippen LogP contribution is -2.30. The van der Waals surface area contributed by atoms with Crippen molar-refractivity contribution in [1.29, 1.82) is 0 Å². The minimum absolute atomic E-state index is 0.0783. The summed E-state index contributed by atoms with van der Waals surface area (Å²) in [4.78, 5) is 31.1. The van der Waals surface area contributed by atoms with Crippen molar-refractivity contribution >= 4 is 40.9 Å². The maximum atomic E-state index is 12.3. The average Bonchev–Trinajstić information content (AvgIpc) is 2.81. The van der Waals surface area contributed by atoms with Gasteiger partial charge in [-0.25, -0.2) is 9.97 Å². The number of carbonyl (C=O) groups excluding carboxylic acids is 1. The smallest absolute Gasteiger partial charge is 0.307 e. The molecule has 6 nitrogen and oxygen atoms in total. The summed E-state index contributed by atoms with van der Waals surface area (Å²) in [5.41, 5.74) is 0. The van der Waals surface area contributed by atoms with E-state index in [1.807, 2.05) is 6.92 Å². The van der Waals surface area contributed by atoms with Gasteiger partial charge in [0.25, 0.3) is 0 Å². The van der Waals surface area contributed by atoms with Crippen molar-refractivity contribution < 1.29 is 14.7 Å². The molecule has 1 aromatic rings. The Morgan fingerprint density at radius 3 is 2.57 bits per heavy atom. The van der Waals surface area contributed by atoms with E-state index in [1.54, 1.807) is 0 Å². The van der Waals surface area contributed by atoms with Crippen LogP contribution in [-0.2, 0) is 9.59 Å². The van der Waals surface area contributed by atoms with Gasteiger partial charge < -0.3 is 10.4 Å². The molecule has 0 spiro atoms. The van der Waals surface area contributed by atoms with E-state index in [1.165, 1.54) is 6.07 Å². The Hall–Kier alpha value is -1.40. The monoisotopic (exact) mass is 331 g/mol. The number of carbonyl (C=O) groups is 2. The van der Waals surface area contributed by atoms with E-state index in [4.69, 9.17) is 23.2 Å². The van der Waals surface area contributed by atoms with Crippen LogP contribution in [0.3, 0.4) is 0 Å². The molecule has 1 heterocycles. The summed E-state index contributed by atoms with van der Waals surface area (Å²) in [5.74, 6) is -2.12. The van der Waals surface area contributed by atoms with Gasteiger partial charge in [-0.2, -0.15) is 0 Å². The van der Waals surface area contributed by atoms with Crippen LogP contribution in [0.4, 0.5) is 5.82 Å². The predicted molar refractivity (Wildman–Crippen MR) is 78.3 cm³/mol. The Morgan fingerprint density at radius 1 is 1.33 bits per heavy atom. The first-order valence-electron chi connectivity index (χ1n) is 6.64. The molecule has 0 aliphatic heterocycles. The lowest BCUT2D eigenvalue weighted by molar-refractivity contribution is -0.145. The molecule has 0 saturated heterocycles. The van der Waals surface area contributed by atoms with E-state index < -0.39 is 17.8 Å². The molecule has 3 unspecified atom stereocenters. The Balaban J connectivity index is 2.13. The first-order valence-corrected chi connectivity index (χ1v) is 7.40. The molecule has 1 fully saturated rings. The number of nitrogens with one attached hydrogen (secondary N) is 1. The summed E-state index contributed by atoms with van der Waals surface area (Å²) in [5, 5.41) is 11.9. The van der Waals surface area contributed by atoms with Crippen LogP contribution < -0.4 is 5.32 Å².